The number of piperazine rings is 1. The average Bonchev–Trinajstić information content (AvgIpc) is 2.66. The Balaban J connectivity index is 1.70. The summed E-state index contributed by atoms with van der Waals surface area (Å²) in [6.07, 6.45) is 0. The van der Waals surface area contributed by atoms with Gasteiger partial charge >= 0.3 is 0 Å². The van der Waals surface area contributed by atoms with Gasteiger partial charge in [0.1, 0.15) is 0 Å². The van der Waals surface area contributed by atoms with E-state index in [9.17, 15) is 9.59 Å². The molecule has 0 aliphatic carbocycles. The Morgan fingerprint density at radius 1 is 0.889 bits per heavy atom. The van der Waals surface area contributed by atoms with Gasteiger partial charge in [-0.3, -0.25) is 9.59 Å². The van der Waals surface area contributed by atoms with E-state index in [4.69, 9.17) is 34.8 Å². The molecule has 2 aromatic rings. The highest BCUT2D eigenvalue weighted by Gasteiger charge is 2.21. The van der Waals surface area contributed by atoms with E-state index in [1.807, 2.05) is 11.9 Å². The van der Waals surface area contributed by atoms with E-state index in [0.29, 0.717) is 24.3 Å². The second kappa shape index (κ2) is 8.48. The minimum Gasteiger partial charge on any atom is -0.336 e. The molecular formula is C19H18Cl3N3O2. The summed E-state index contributed by atoms with van der Waals surface area (Å²) in [5, 5.41) is 3.28. The van der Waals surface area contributed by atoms with Crippen molar-refractivity contribution in [3.05, 3.63) is 62.6 Å². The van der Waals surface area contributed by atoms with Crippen molar-refractivity contribution < 1.29 is 9.59 Å². The Hall–Kier alpha value is -1.79. The predicted octanol–water partition coefficient (Wildman–Crippen LogP) is 4.29. The molecule has 1 saturated heterocycles. The molecule has 3 rings (SSSR count). The number of hydrogen-bond donors (Lipinski definition) is 1. The number of likely N-dealkylation sites (N-methyl/N-ethyl adjacent to an activating group) is 1. The van der Waals surface area contributed by atoms with Gasteiger partial charge in [-0.15, -0.1) is 0 Å². The number of carbonyl (C=O) groups is 2. The van der Waals surface area contributed by atoms with Crippen LogP contribution in [-0.4, -0.2) is 54.8 Å². The quantitative estimate of drug-likeness (QED) is 0.745. The Kier molecular flexibility index (Phi) is 6.27. The lowest BCUT2D eigenvalue weighted by molar-refractivity contribution is 0.0664. The van der Waals surface area contributed by atoms with Crippen molar-refractivity contribution >= 4 is 52.3 Å². The van der Waals surface area contributed by atoms with Gasteiger partial charge in [-0.2, -0.15) is 0 Å². The molecule has 142 valence electrons. The Morgan fingerprint density at radius 3 is 2.11 bits per heavy atom. The Bertz CT molecular complexity index is 863. The predicted molar refractivity (Wildman–Crippen MR) is 109 cm³/mol. The van der Waals surface area contributed by atoms with Gasteiger partial charge < -0.3 is 15.1 Å². The summed E-state index contributed by atoms with van der Waals surface area (Å²) in [5.41, 5.74) is 1.22. The number of nitrogens with one attached hydrogen (secondary N) is 1. The fraction of sp³-hybridized carbons (Fsp3) is 0.263. The zero-order chi connectivity index (χ0) is 19.6. The first-order chi connectivity index (χ1) is 12.9. The maximum atomic E-state index is 12.6. The summed E-state index contributed by atoms with van der Waals surface area (Å²) in [6.45, 7) is 3.14. The summed E-state index contributed by atoms with van der Waals surface area (Å²) in [7, 11) is 2.04. The maximum absolute atomic E-state index is 12.6. The summed E-state index contributed by atoms with van der Waals surface area (Å²) in [4.78, 5) is 29.1. The molecule has 1 aliphatic rings. The molecule has 2 amide bonds. The zero-order valence-corrected chi connectivity index (χ0v) is 16.9. The number of hydrogen-bond acceptors (Lipinski definition) is 3. The Morgan fingerprint density at radius 2 is 1.48 bits per heavy atom. The third kappa shape index (κ3) is 4.55. The van der Waals surface area contributed by atoms with Gasteiger partial charge in [-0.05, 0) is 43.4 Å². The first-order valence-corrected chi connectivity index (χ1v) is 9.53. The van der Waals surface area contributed by atoms with Crippen LogP contribution in [0.15, 0.2) is 36.4 Å². The SMILES string of the molecule is CN1CCN(C(=O)c2ccc(NC(=O)c3c(Cl)ccc(Cl)c3Cl)cc2)CC1. The van der Waals surface area contributed by atoms with Crippen LogP contribution in [0.4, 0.5) is 5.69 Å². The molecule has 0 saturated carbocycles. The van der Waals surface area contributed by atoms with Crippen molar-refractivity contribution in [3.63, 3.8) is 0 Å². The van der Waals surface area contributed by atoms with Crippen molar-refractivity contribution in [2.45, 2.75) is 0 Å². The van der Waals surface area contributed by atoms with Gasteiger partial charge in [0.15, 0.2) is 0 Å². The van der Waals surface area contributed by atoms with Gasteiger partial charge in [0.05, 0.1) is 20.6 Å². The third-order valence-corrected chi connectivity index (χ3v) is 5.57. The largest absolute Gasteiger partial charge is 0.336 e. The standard InChI is InChI=1S/C19H18Cl3N3O2/c1-24-8-10-25(11-9-24)19(27)12-2-4-13(5-3-12)23-18(26)16-14(20)6-7-15(21)17(16)22/h2-7H,8-11H2,1H3,(H,23,26). The van der Waals surface area contributed by atoms with Crippen molar-refractivity contribution in [1.82, 2.24) is 9.80 Å². The lowest BCUT2D eigenvalue weighted by Gasteiger charge is -2.32. The zero-order valence-electron chi connectivity index (χ0n) is 14.6. The molecule has 1 fully saturated rings. The van der Waals surface area contributed by atoms with Gasteiger partial charge in [0.25, 0.3) is 11.8 Å². The molecule has 0 aromatic heterocycles. The van der Waals surface area contributed by atoms with Crippen LogP contribution in [0.5, 0.6) is 0 Å². The molecule has 1 aliphatic heterocycles. The van der Waals surface area contributed by atoms with Crippen LogP contribution in [-0.2, 0) is 0 Å². The average molecular weight is 427 g/mol. The van der Waals surface area contributed by atoms with Crippen LogP contribution < -0.4 is 5.32 Å². The first kappa shape index (κ1) is 20.0. The fourth-order valence-electron chi connectivity index (χ4n) is 2.82. The molecule has 0 radical (unpaired) electrons. The van der Waals surface area contributed by atoms with E-state index in [1.54, 1.807) is 24.3 Å². The summed E-state index contributed by atoms with van der Waals surface area (Å²) in [6, 6.07) is 9.78. The first-order valence-electron chi connectivity index (χ1n) is 8.39. The van der Waals surface area contributed by atoms with Crippen molar-refractivity contribution in [3.8, 4) is 0 Å². The fourth-order valence-corrected chi connectivity index (χ4v) is 3.52. The third-order valence-electron chi connectivity index (χ3n) is 4.45. The van der Waals surface area contributed by atoms with Crippen LogP contribution in [0.1, 0.15) is 20.7 Å². The van der Waals surface area contributed by atoms with Crippen molar-refractivity contribution in [1.29, 1.82) is 0 Å². The monoisotopic (exact) mass is 425 g/mol. The molecule has 0 spiro atoms. The van der Waals surface area contributed by atoms with E-state index in [2.05, 4.69) is 10.2 Å². The van der Waals surface area contributed by atoms with E-state index >= 15 is 0 Å². The summed E-state index contributed by atoms with van der Waals surface area (Å²) in [5.74, 6) is -0.479. The molecule has 1 N–H and O–H groups in total. The molecule has 1 heterocycles. The van der Waals surface area contributed by atoms with Crippen LogP contribution in [0.3, 0.4) is 0 Å². The number of amides is 2. The van der Waals surface area contributed by atoms with Gasteiger partial charge in [-0.1, -0.05) is 34.8 Å². The minimum absolute atomic E-state index is 0.0121. The summed E-state index contributed by atoms with van der Waals surface area (Å²) >= 11 is 18.1. The minimum atomic E-state index is -0.467. The van der Waals surface area contributed by atoms with E-state index in [1.165, 1.54) is 12.1 Å². The number of anilines is 1. The molecule has 27 heavy (non-hydrogen) atoms. The van der Waals surface area contributed by atoms with Crippen LogP contribution >= 0.6 is 34.8 Å². The molecular weight excluding hydrogens is 409 g/mol. The number of carbonyl (C=O) groups excluding carboxylic acids is 2. The molecule has 8 heteroatoms. The molecule has 0 atom stereocenters. The molecule has 0 bridgehead atoms. The lowest BCUT2D eigenvalue weighted by atomic mass is 10.1. The normalized spacial score (nSPS) is 14.9. The smallest absolute Gasteiger partial charge is 0.258 e. The van der Waals surface area contributed by atoms with Crippen LogP contribution in [0.2, 0.25) is 15.1 Å². The topological polar surface area (TPSA) is 52.6 Å². The van der Waals surface area contributed by atoms with Crippen molar-refractivity contribution in [2.75, 3.05) is 38.5 Å². The number of benzene rings is 2. The van der Waals surface area contributed by atoms with Crippen LogP contribution in [0.25, 0.3) is 0 Å². The van der Waals surface area contributed by atoms with E-state index in [0.717, 1.165) is 13.1 Å². The van der Waals surface area contributed by atoms with Crippen LogP contribution in [0, 0.1) is 0 Å². The number of rotatable bonds is 3. The lowest BCUT2D eigenvalue weighted by Crippen LogP contribution is -2.47. The highest BCUT2D eigenvalue weighted by atomic mass is 35.5. The second-order valence-corrected chi connectivity index (χ2v) is 7.54. The molecule has 5 nitrogen and oxygen atoms in total. The maximum Gasteiger partial charge on any atom is 0.258 e. The van der Waals surface area contributed by atoms with Gasteiger partial charge in [-0.25, -0.2) is 0 Å². The van der Waals surface area contributed by atoms with Gasteiger partial charge in [0, 0.05) is 37.4 Å². The summed E-state index contributed by atoms with van der Waals surface area (Å²) < 4.78 is 0. The molecule has 0 unspecified atom stereocenters. The number of halogens is 3. The highest BCUT2D eigenvalue weighted by molar-refractivity contribution is 6.46. The van der Waals surface area contributed by atoms with E-state index < -0.39 is 5.91 Å². The second-order valence-electron chi connectivity index (χ2n) is 6.35. The highest BCUT2D eigenvalue weighted by Crippen LogP contribution is 2.32. The van der Waals surface area contributed by atoms with Crippen molar-refractivity contribution in [2.24, 2.45) is 0 Å². The number of nitrogens with zero attached hydrogens (tertiary/aromatic N) is 2. The Labute approximate surface area is 172 Å². The van der Waals surface area contributed by atoms with E-state index in [-0.39, 0.29) is 26.5 Å². The molecule has 2 aromatic carbocycles. The van der Waals surface area contributed by atoms with Gasteiger partial charge in [0.2, 0.25) is 0 Å².